The minimum Gasteiger partial charge on any atom is -0.383 e. The lowest BCUT2D eigenvalue weighted by atomic mass is 10.2. The predicted octanol–water partition coefficient (Wildman–Crippen LogP) is -0.179. The Balaban J connectivity index is 2.24. The van der Waals surface area contributed by atoms with Gasteiger partial charge in [-0.2, -0.15) is 0 Å². The van der Waals surface area contributed by atoms with Crippen LogP contribution >= 0.6 is 0 Å². The summed E-state index contributed by atoms with van der Waals surface area (Å²) in [4.78, 5) is 13.9. The molecule has 1 saturated heterocycles. The molecule has 0 aromatic carbocycles. The highest BCUT2D eigenvalue weighted by atomic mass is 16.5. The molecule has 17 heavy (non-hydrogen) atoms. The molecule has 1 fully saturated rings. The fourth-order valence-corrected chi connectivity index (χ4v) is 2.04. The average Bonchev–Trinajstić information content (AvgIpc) is 2.81. The maximum atomic E-state index is 11.8. The third kappa shape index (κ3) is 5.02. The van der Waals surface area contributed by atoms with E-state index < -0.39 is 0 Å². The number of hydrogen-bond acceptors (Lipinski definition) is 4. The van der Waals surface area contributed by atoms with Gasteiger partial charge in [0.25, 0.3) is 0 Å². The van der Waals surface area contributed by atoms with Crippen LogP contribution in [0, 0.1) is 0 Å². The number of rotatable bonds is 7. The van der Waals surface area contributed by atoms with Crippen molar-refractivity contribution in [3.05, 3.63) is 0 Å². The highest BCUT2D eigenvalue weighted by molar-refractivity contribution is 5.81. The van der Waals surface area contributed by atoms with E-state index >= 15 is 0 Å². The fraction of sp³-hybridized carbons (Fsp3) is 0.917. The van der Waals surface area contributed by atoms with E-state index in [1.807, 2.05) is 14.0 Å². The molecule has 1 aliphatic heterocycles. The second-order valence-electron chi connectivity index (χ2n) is 4.69. The van der Waals surface area contributed by atoms with Crippen molar-refractivity contribution in [2.24, 2.45) is 0 Å². The van der Waals surface area contributed by atoms with E-state index in [2.05, 4.69) is 15.5 Å². The minimum absolute atomic E-state index is 0.0718. The van der Waals surface area contributed by atoms with Crippen LogP contribution in [0.3, 0.4) is 0 Å². The largest absolute Gasteiger partial charge is 0.383 e. The van der Waals surface area contributed by atoms with Crippen LogP contribution in [0.1, 0.15) is 19.8 Å². The molecule has 1 amide bonds. The first-order valence-electron chi connectivity index (χ1n) is 6.35. The molecule has 100 valence electrons. The summed E-state index contributed by atoms with van der Waals surface area (Å²) in [7, 11) is 3.63. The van der Waals surface area contributed by atoms with Gasteiger partial charge >= 0.3 is 0 Å². The zero-order valence-corrected chi connectivity index (χ0v) is 11.2. The van der Waals surface area contributed by atoms with Gasteiger partial charge in [-0.3, -0.25) is 9.69 Å². The normalized spacial score (nSPS) is 21.8. The van der Waals surface area contributed by atoms with Crippen LogP contribution < -0.4 is 10.6 Å². The third-order valence-electron chi connectivity index (χ3n) is 3.32. The van der Waals surface area contributed by atoms with Crippen LogP contribution in [0.25, 0.3) is 0 Å². The van der Waals surface area contributed by atoms with Gasteiger partial charge in [0.15, 0.2) is 0 Å². The highest BCUT2D eigenvalue weighted by Crippen LogP contribution is 2.07. The predicted molar refractivity (Wildman–Crippen MR) is 68.0 cm³/mol. The molecule has 1 rings (SSSR count). The molecule has 0 aliphatic carbocycles. The van der Waals surface area contributed by atoms with Crippen molar-refractivity contribution in [1.82, 2.24) is 15.5 Å². The maximum Gasteiger partial charge on any atom is 0.237 e. The standard InChI is InChI=1S/C12H25N3O2/c1-10(12(16)14-7-8-17-3)15(2)9-11-5-4-6-13-11/h10-11,13H,4-9H2,1-3H3,(H,14,16). The minimum atomic E-state index is -0.0887. The lowest BCUT2D eigenvalue weighted by Gasteiger charge is -2.26. The quantitative estimate of drug-likeness (QED) is 0.609. The van der Waals surface area contributed by atoms with E-state index in [0.29, 0.717) is 19.2 Å². The van der Waals surface area contributed by atoms with E-state index in [1.54, 1.807) is 7.11 Å². The van der Waals surface area contributed by atoms with Gasteiger partial charge in [0, 0.05) is 26.2 Å². The molecule has 0 spiro atoms. The van der Waals surface area contributed by atoms with Crippen LogP contribution in [0.2, 0.25) is 0 Å². The second-order valence-corrected chi connectivity index (χ2v) is 4.69. The molecule has 5 heteroatoms. The summed E-state index contributed by atoms with van der Waals surface area (Å²) in [5.74, 6) is 0.0718. The zero-order valence-electron chi connectivity index (χ0n) is 11.2. The lowest BCUT2D eigenvalue weighted by Crippen LogP contribution is -2.47. The van der Waals surface area contributed by atoms with Crippen LogP contribution in [-0.2, 0) is 9.53 Å². The summed E-state index contributed by atoms with van der Waals surface area (Å²) in [6, 6.07) is 0.448. The van der Waals surface area contributed by atoms with Gasteiger partial charge in [-0.15, -0.1) is 0 Å². The van der Waals surface area contributed by atoms with Crippen LogP contribution in [0.4, 0.5) is 0 Å². The van der Waals surface area contributed by atoms with Crippen LogP contribution in [0.15, 0.2) is 0 Å². The Kier molecular flexibility index (Phi) is 6.47. The van der Waals surface area contributed by atoms with Crippen LogP contribution in [0.5, 0.6) is 0 Å². The number of carbonyl (C=O) groups excluding carboxylic acids is 1. The third-order valence-corrected chi connectivity index (χ3v) is 3.32. The molecule has 0 saturated carbocycles. The molecule has 0 aromatic heterocycles. The van der Waals surface area contributed by atoms with Gasteiger partial charge in [0.1, 0.15) is 0 Å². The molecule has 0 bridgehead atoms. The first-order chi connectivity index (χ1) is 8.15. The first kappa shape index (κ1) is 14.4. The van der Waals surface area contributed by atoms with E-state index in [4.69, 9.17) is 4.74 Å². The Morgan fingerprint density at radius 3 is 3.00 bits per heavy atom. The summed E-state index contributed by atoms with van der Waals surface area (Å²) in [5, 5.41) is 6.30. The monoisotopic (exact) mass is 243 g/mol. The van der Waals surface area contributed by atoms with Crippen molar-refractivity contribution in [3.63, 3.8) is 0 Å². The second kappa shape index (κ2) is 7.63. The topological polar surface area (TPSA) is 53.6 Å². The van der Waals surface area contributed by atoms with E-state index in [1.165, 1.54) is 12.8 Å². The Bertz CT molecular complexity index is 230. The number of likely N-dealkylation sites (N-methyl/N-ethyl adjacent to an activating group) is 1. The van der Waals surface area contributed by atoms with Gasteiger partial charge < -0.3 is 15.4 Å². The highest BCUT2D eigenvalue weighted by Gasteiger charge is 2.22. The van der Waals surface area contributed by atoms with Crippen molar-refractivity contribution in [1.29, 1.82) is 0 Å². The molecular formula is C12H25N3O2. The van der Waals surface area contributed by atoms with Crippen molar-refractivity contribution >= 4 is 5.91 Å². The van der Waals surface area contributed by atoms with Gasteiger partial charge in [-0.25, -0.2) is 0 Å². The fourth-order valence-electron chi connectivity index (χ4n) is 2.04. The molecule has 0 aromatic rings. The number of nitrogens with one attached hydrogen (secondary N) is 2. The number of methoxy groups -OCH3 is 1. The molecule has 2 unspecified atom stereocenters. The number of amides is 1. The van der Waals surface area contributed by atoms with Crippen molar-refractivity contribution in [3.8, 4) is 0 Å². The summed E-state index contributed by atoms with van der Waals surface area (Å²) in [6.45, 7) is 5.12. The summed E-state index contributed by atoms with van der Waals surface area (Å²) >= 11 is 0. The van der Waals surface area contributed by atoms with Crippen molar-refractivity contribution < 1.29 is 9.53 Å². The molecular weight excluding hydrogens is 218 g/mol. The summed E-state index contributed by atoms with van der Waals surface area (Å²) in [6.07, 6.45) is 2.45. The van der Waals surface area contributed by atoms with Gasteiger partial charge in [-0.05, 0) is 33.4 Å². The SMILES string of the molecule is COCCNC(=O)C(C)N(C)CC1CCCN1. The zero-order chi connectivity index (χ0) is 12.7. The Morgan fingerprint density at radius 2 is 2.41 bits per heavy atom. The van der Waals surface area contributed by atoms with Gasteiger partial charge in [-0.1, -0.05) is 0 Å². The molecule has 1 heterocycles. The number of ether oxygens (including phenoxy) is 1. The Morgan fingerprint density at radius 1 is 1.65 bits per heavy atom. The average molecular weight is 243 g/mol. The van der Waals surface area contributed by atoms with Gasteiger partial charge in [0.05, 0.1) is 12.6 Å². The smallest absolute Gasteiger partial charge is 0.237 e. The Labute approximate surface area is 104 Å². The van der Waals surface area contributed by atoms with E-state index in [-0.39, 0.29) is 11.9 Å². The number of carbonyl (C=O) groups is 1. The maximum absolute atomic E-state index is 11.8. The van der Waals surface area contributed by atoms with Crippen molar-refractivity contribution in [2.75, 3.05) is 40.4 Å². The van der Waals surface area contributed by atoms with Crippen LogP contribution in [-0.4, -0.2) is 63.3 Å². The molecule has 5 nitrogen and oxygen atoms in total. The van der Waals surface area contributed by atoms with Gasteiger partial charge in [0.2, 0.25) is 5.91 Å². The van der Waals surface area contributed by atoms with E-state index in [9.17, 15) is 4.79 Å². The lowest BCUT2D eigenvalue weighted by molar-refractivity contribution is -0.125. The first-order valence-corrected chi connectivity index (χ1v) is 6.35. The number of nitrogens with zero attached hydrogens (tertiary/aromatic N) is 1. The summed E-state index contributed by atoms with van der Waals surface area (Å²) in [5.41, 5.74) is 0. The number of hydrogen-bond donors (Lipinski definition) is 2. The molecule has 2 N–H and O–H groups in total. The molecule has 2 atom stereocenters. The summed E-state index contributed by atoms with van der Waals surface area (Å²) < 4.78 is 4.90. The van der Waals surface area contributed by atoms with E-state index in [0.717, 1.165) is 13.1 Å². The Hall–Kier alpha value is -0.650. The molecule has 0 radical (unpaired) electrons. The van der Waals surface area contributed by atoms with Crippen molar-refractivity contribution in [2.45, 2.75) is 31.8 Å². The molecule has 1 aliphatic rings.